The lowest BCUT2D eigenvalue weighted by Crippen LogP contribution is -2.15. The summed E-state index contributed by atoms with van der Waals surface area (Å²) in [6.45, 7) is 2.30. The Bertz CT molecular complexity index is 697. The van der Waals surface area contributed by atoms with E-state index in [1.54, 1.807) is 7.11 Å². The van der Waals surface area contributed by atoms with Gasteiger partial charge in [0.05, 0.1) is 7.11 Å². The highest BCUT2D eigenvalue weighted by atomic mass is 79.9. The fourth-order valence-corrected chi connectivity index (χ4v) is 3.17. The van der Waals surface area contributed by atoms with Gasteiger partial charge in [-0.25, -0.2) is 0 Å². The second kappa shape index (κ2) is 11.4. The number of hydrogen-bond donors (Lipinski definition) is 2. The highest BCUT2D eigenvalue weighted by Crippen LogP contribution is 2.34. The monoisotopic (exact) mass is 441 g/mol. The number of benzene rings is 2. The molecule has 0 atom stereocenters. The summed E-state index contributed by atoms with van der Waals surface area (Å²) in [5, 5.41) is 12.9. The van der Waals surface area contributed by atoms with Crippen molar-refractivity contribution in [2.24, 2.45) is 0 Å². The van der Waals surface area contributed by atoms with E-state index < -0.39 is 0 Å². The molecular weight excluding hydrogens is 418 g/mol. The minimum Gasteiger partial charge on any atom is -0.493 e. The Morgan fingerprint density at radius 3 is 2.62 bits per heavy atom. The summed E-state index contributed by atoms with van der Waals surface area (Å²) in [5.74, 6) is 1.36. The smallest absolute Gasteiger partial charge is 0.162 e. The number of nitrogens with one attached hydrogen (secondary N) is 1. The molecule has 0 saturated carbocycles. The van der Waals surface area contributed by atoms with Crippen LogP contribution in [0, 0.1) is 0 Å². The molecule has 0 aliphatic rings. The van der Waals surface area contributed by atoms with Crippen LogP contribution >= 0.6 is 27.5 Å². The zero-order chi connectivity index (χ0) is 18.8. The Kier molecular flexibility index (Phi) is 9.26. The van der Waals surface area contributed by atoms with E-state index in [1.807, 2.05) is 36.4 Å². The van der Waals surface area contributed by atoms with Gasteiger partial charge in [0.1, 0.15) is 6.61 Å². The van der Waals surface area contributed by atoms with Crippen LogP contribution < -0.4 is 14.8 Å². The molecule has 4 nitrogen and oxygen atoms in total. The van der Waals surface area contributed by atoms with Crippen LogP contribution in [0.15, 0.2) is 40.9 Å². The molecule has 0 radical (unpaired) electrons. The van der Waals surface area contributed by atoms with E-state index in [2.05, 4.69) is 21.2 Å². The van der Waals surface area contributed by atoms with E-state index in [1.165, 1.54) is 0 Å². The molecule has 0 heterocycles. The predicted molar refractivity (Wildman–Crippen MR) is 109 cm³/mol. The normalized spacial score (nSPS) is 10.8. The van der Waals surface area contributed by atoms with Crippen molar-refractivity contribution in [3.05, 3.63) is 57.0 Å². The molecule has 26 heavy (non-hydrogen) atoms. The molecule has 0 bridgehead atoms. The topological polar surface area (TPSA) is 50.7 Å². The quantitative estimate of drug-likeness (QED) is 0.484. The summed E-state index contributed by atoms with van der Waals surface area (Å²) in [6.07, 6.45) is 2.94. The standard InChI is InChI=1S/C20H25BrClNO3/c1-25-19-11-16(13-23-9-5-2-6-10-24)17(21)12-20(19)26-14-15-7-3-4-8-18(15)22/h3-4,7-8,11-12,23-24H,2,5-6,9-10,13-14H2,1H3. The summed E-state index contributed by atoms with van der Waals surface area (Å²) in [5.41, 5.74) is 2.04. The third kappa shape index (κ3) is 6.47. The second-order valence-corrected chi connectivity index (χ2v) is 7.20. The Balaban J connectivity index is 1.96. The van der Waals surface area contributed by atoms with Gasteiger partial charge >= 0.3 is 0 Å². The summed E-state index contributed by atoms with van der Waals surface area (Å²) >= 11 is 9.79. The maximum atomic E-state index is 8.79. The molecular formula is C20H25BrClNO3. The lowest BCUT2D eigenvalue weighted by Gasteiger charge is -2.15. The van der Waals surface area contributed by atoms with Crippen LogP contribution in [0.5, 0.6) is 11.5 Å². The lowest BCUT2D eigenvalue weighted by atomic mass is 10.2. The van der Waals surface area contributed by atoms with Gasteiger partial charge in [-0.15, -0.1) is 0 Å². The van der Waals surface area contributed by atoms with Gasteiger partial charge in [-0.05, 0) is 49.6 Å². The third-order valence-electron chi connectivity index (χ3n) is 4.00. The van der Waals surface area contributed by atoms with Gasteiger partial charge < -0.3 is 19.9 Å². The fraction of sp³-hybridized carbons (Fsp3) is 0.400. The highest BCUT2D eigenvalue weighted by Gasteiger charge is 2.11. The van der Waals surface area contributed by atoms with Crippen molar-refractivity contribution in [3.63, 3.8) is 0 Å². The molecule has 2 aromatic carbocycles. The highest BCUT2D eigenvalue weighted by molar-refractivity contribution is 9.10. The molecule has 2 aromatic rings. The van der Waals surface area contributed by atoms with E-state index in [0.717, 1.165) is 48.0 Å². The molecule has 2 N–H and O–H groups in total. The minimum absolute atomic E-state index is 0.262. The van der Waals surface area contributed by atoms with Gasteiger partial charge in [0, 0.05) is 28.2 Å². The van der Waals surface area contributed by atoms with Crippen molar-refractivity contribution in [1.82, 2.24) is 5.32 Å². The van der Waals surface area contributed by atoms with Gasteiger partial charge in [-0.3, -0.25) is 0 Å². The SMILES string of the molecule is COc1cc(CNCCCCCO)c(Br)cc1OCc1ccccc1Cl. The predicted octanol–water partition coefficient (Wildman–Crippen LogP) is 4.94. The van der Waals surface area contributed by atoms with Crippen molar-refractivity contribution in [3.8, 4) is 11.5 Å². The first-order valence-electron chi connectivity index (χ1n) is 8.70. The molecule has 0 aliphatic heterocycles. The van der Waals surface area contributed by atoms with Gasteiger partial charge in [-0.1, -0.05) is 45.7 Å². The Labute approximate surface area is 168 Å². The van der Waals surface area contributed by atoms with Crippen molar-refractivity contribution >= 4 is 27.5 Å². The van der Waals surface area contributed by atoms with Crippen molar-refractivity contribution < 1.29 is 14.6 Å². The number of methoxy groups -OCH3 is 1. The molecule has 0 aliphatic carbocycles. The van der Waals surface area contributed by atoms with Crippen LogP contribution in [0.25, 0.3) is 0 Å². The first-order chi connectivity index (χ1) is 12.7. The molecule has 2 rings (SSSR count). The molecule has 0 aromatic heterocycles. The molecule has 6 heteroatoms. The van der Waals surface area contributed by atoms with E-state index in [0.29, 0.717) is 23.1 Å². The number of unbranched alkanes of at least 4 members (excludes halogenated alkanes) is 2. The van der Waals surface area contributed by atoms with Crippen LogP contribution in [-0.2, 0) is 13.2 Å². The zero-order valence-electron chi connectivity index (χ0n) is 14.9. The third-order valence-corrected chi connectivity index (χ3v) is 5.11. The fourth-order valence-electron chi connectivity index (χ4n) is 2.52. The second-order valence-electron chi connectivity index (χ2n) is 5.94. The number of halogens is 2. The number of hydrogen-bond acceptors (Lipinski definition) is 4. The Morgan fingerprint density at radius 2 is 1.88 bits per heavy atom. The molecule has 142 valence electrons. The summed E-state index contributed by atoms with van der Waals surface area (Å²) < 4.78 is 12.4. The first kappa shape index (κ1) is 21.0. The first-order valence-corrected chi connectivity index (χ1v) is 9.87. The Hall–Kier alpha value is -1.27. The van der Waals surface area contributed by atoms with E-state index in [-0.39, 0.29) is 6.61 Å². The molecule has 0 spiro atoms. The minimum atomic E-state index is 0.262. The molecule has 0 amide bonds. The number of ether oxygens (including phenoxy) is 2. The average molecular weight is 443 g/mol. The van der Waals surface area contributed by atoms with Gasteiger partial charge in [0.2, 0.25) is 0 Å². The van der Waals surface area contributed by atoms with E-state index in [9.17, 15) is 0 Å². The van der Waals surface area contributed by atoms with Crippen LogP contribution in [0.1, 0.15) is 30.4 Å². The number of rotatable bonds is 11. The number of aliphatic hydroxyl groups excluding tert-OH is 1. The Morgan fingerprint density at radius 1 is 1.08 bits per heavy atom. The van der Waals surface area contributed by atoms with E-state index in [4.69, 9.17) is 26.2 Å². The van der Waals surface area contributed by atoms with Crippen LogP contribution in [0.4, 0.5) is 0 Å². The van der Waals surface area contributed by atoms with Crippen molar-refractivity contribution in [2.45, 2.75) is 32.4 Å². The van der Waals surface area contributed by atoms with Crippen molar-refractivity contribution in [1.29, 1.82) is 0 Å². The zero-order valence-corrected chi connectivity index (χ0v) is 17.3. The average Bonchev–Trinajstić information content (AvgIpc) is 2.65. The summed E-state index contributed by atoms with van der Waals surface area (Å²) in [6, 6.07) is 11.5. The number of aliphatic hydroxyl groups is 1. The van der Waals surface area contributed by atoms with Crippen molar-refractivity contribution in [2.75, 3.05) is 20.3 Å². The molecule has 0 fully saturated rings. The summed E-state index contributed by atoms with van der Waals surface area (Å²) in [7, 11) is 1.64. The maximum Gasteiger partial charge on any atom is 0.162 e. The molecule has 0 unspecified atom stereocenters. The van der Waals surface area contributed by atoms with Crippen LogP contribution in [0.2, 0.25) is 5.02 Å². The van der Waals surface area contributed by atoms with Gasteiger partial charge in [0.25, 0.3) is 0 Å². The van der Waals surface area contributed by atoms with Crippen LogP contribution in [0.3, 0.4) is 0 Å². The van der Waals surface area contributed by atoms with Gasteiger partial charge in [0.15, 0.2) is 11.5 Å². The molecule has 0 saturated heterocycles. The maximum absolute atomic E-state index is 8.79. The lowest BCUT2D eigenvalue weighted by molar-refractivity contribution is 0.282. The summed E-state index contributed by atoms with van der Waals surface area (Å²) in [4.78, 5) is 0. The van der Waals surface area contributed by atoms with Gasteiger partial charge in [-0.2, -0.15) is 0 Å². The van der Waals surface area contributed by atoms with E-state index >= 15 is 0 Å². The largest absolute Gasteiger partial charge is 0.493 e. The van der Waals surface area contributed by atoms with Crippen LogP contribution in [-0.4, -0.2) is 25.4 Å².